The maximum absolute atomic E-state index is 6.53. The third-order valence-corrected chi connectivity index (χ3v) is 5.02. The molecule has 2 heterocycles. The first-order chi connectivity index (χ1) is 12.4. The molecule has 1 aliphatic heterocycles. The number of aromatic nitrogens is 2. The molecule has 25 heavy (non-hydrogen) atoms. The number of hydrogen-bond donors (Lipinski definition) is 0. The molecule has 0 bridgehead atoms. The van der Waals surface area contributed by atoms with Gasteiger partial charge in [0, 0.05) is 29.8 Å². The molecular weight excluding hydrogens is 308 g/mol. The van der Waals surface area contributed by atoms with Gasteiger partial charge in [0.05, 0.1) is 12.4 Å². The van der Waals surface area contributed by atoms with E-state index in [1.807, 2.05) is 24.8 Å². The summed E-state index contributed by atoms with van der Waals surface area (Å²) < 4.78 is 8.71. The van der Waals surface area contributed by atoms with Crippen LogP contribution in [0, 0.1) is 0 Å². The van der Waals surface area contributed by atoms with E-state index in [0.717, 1.165) is 12.2 Å². The first-order valence-corrected chi connectivity index (χ1v) is 8.61. The third kappa shape index (κ3) is 2.40. The van der Waals surface area contributed by atoms with Crippen molar-refractivity contribution in [2.45, 2.75) is 18.6 Å². The average Bonchev–Trinajstić information content (AvgIpc) is 3.22. The van der Waals surface area contributed by atoms with Gasteiger partial charge in [-0.25, -0.2) is 4.98 Å². The lowest BCUT2D eigenvalue weighted by Gasteiger charge is -2.34. The van der Waals surface area contributed by atoms with E-state index in [9.17, 15) is 0 Å². The van der Waals surface area contributed by atoms with Gasteiger partial charge in [-0.05, 0) is 10.9 Å². The zero-order valence-corrected chi connectivity index (χ0v) is 13.7. The van der Waals surface area contributed by atoms with E-state index < -0.39 is 0 Å². The van der Waals surface area contributed by atoms with Crippen molar-refractivity contribution in [3.8, 4) is 5.75 Å². The predicted molar refractivity (Wildman–Crippen MR) is 98.7 cm³/mol. The van der Waals surface area contributed by atoms with E-state index in [1.165, 1.54) is 21.9 Å². The molecule has 1 aliphatic rings. The van der Waals surface area contributed by atoms with Crippen LogP contribution in [0.1, 0.15) is 29.7 Å². The van der Waals surface area contributed by atoms with Crippen LogP contribution < -0.4 is 4.74 Å². The van der Waals surface area contributed by atoms with Crippen LogP contribution in [0.3, 0.4) is 0 Å². The first-order valence-electron chi connectivity index (χ1n) is 8.61. The first kappa shape index (κ1) is 14.3. The smallest absolute Gasteiger partial charge is 0.133 e. The summed E-state index contributed by atoms with van der Waals surface area (Å²) >= 11 is 0. The van der Waals surface area contributed by atoms with Crippen LogP contribution in [-0.4, -0.2) is 9.55 Å². The number of imidazole rings is 1. The molecule has 3 nitrogen and oxygen atoms in total. The number of ether oxygens (including phenoxy) is 1. The van der Waals surface area contributed by atoms with Gasteiger partial charge >= 0.3 is 0 Å². The van der Waals surface area contributed by atoms with Gasteiger partial charge in [0.25, 0.3) is 0 Å². The molecule has 0 unspecified atom stereocenters. The molecule has 0 spiro atoms. The highest BCUT2D eigenvalue weighted by molar-refractivity contribution is 5.90. The molecule has 4 aromatic rings. The largest absolute Gasteiger partial charge is 0.485 e. The van der Waals surface area contributed by atoms with Crippen molar-refractivity contribution in [3.63, 3.8) is 0 Å². The fourth-order valence-corrected chi connectivity index (χ4v) is 3.78. The number of hydrogen-bond acceptors (Lipinski definition) is 2. The van der Waals surface area contributed by atoms with Crippen molar-refractivity contribution in [2.24, 2.45) is 0 Å². The lowest BCUT2D eigenvalue weighted by atomic mass is 9.90. The highest BCUT2D eigenvalue weighted by Gasteiger charge is 2.31. The lowest BCUT2D eigenvalue weighted by molar-refractivity contribution is 0.156. The van der Waals surface area contributed by atoms with Crippen molar-refractivity contribution in [1.29, 1.82) is 0 Å². The van der Waals surface area contributed by atoms with Crippen molar-refractivity contribution in [3.05, 3.63) is 96.6 Å². The maximum atomic E-state index is 6.53. The minimum absolute atomic E-state index is 0.0342. The Hall–Kier alpha value is -3.07. The molecule has 3 heteroatoms. The molecule has 2 atom stereocenters. The van der Waals surface area contributed by atoms with Crippen LogP contribution in [0.25, 0.3) is 10.8 Å². The minimum Gasteiger partial charge on any atom is -0.485 e. The second-order valence-corrected chi connectivity index (χ2v) is 6.48. The van der Waals surface area contributed by atoms with Gasteiger partial charge in [-0.1, -0.05) is 66.7 Å². The van der Waals surface area contributed by atoms with E-state index in [0.29, 0.717) is 0 Å². The van der Waals surface area contributed by atoms with Crippen LogP contribution >= 0.6 is 0 Å². The number of fused-ring (bicyclic) bond motifs is 3. The Balaban J connectivity index is 1.70. The summed E-state index contributed by atoms with van der Waals surface area (Å²) in [6.07, 6.45) is 6.71. The van der Waals surface area contributed by atoms with Gasteiger partial charge in [0.15, 0.2) is 0 Å². The van der Waals surface area contributed by atoms with Crippen LogP contribution in [0.15, 0.2) is 85.5 Å². The Morgan fingerprint density at radius 3 is 2.60 bits per heavy atom. The Kier molecular flexibility index (Phi) is 3.30. The van der Waals surface area contributed by atoms with Crippen molar-refractivity contribution in [1.82, 2.24) is 9.55 Å². The summed E-state index contributed by atoms with van der Waals surface area (Å²) in [5, 5.41) is 2.38. The van der Waals surface area contributed by atoms with Crippen LogP contribution in [-0.2, 0) is 0 Å². The van der Waals surface area contributed by atoms with E-state index >= 15 is 0 Å². The van der Waals surface area contributed by atoms with Gasteiger partial charge in [-0.15, -0.1) is 0 Å². The quantitative estimate of drug-likeness (QED) is 0.509. The minimum atomic E-state index is 0.0342. The van der Waals surface area contributed by atoms with Gasteiger partial charge < -0.3 is 9.30 Å². The molecule has 0 aliphatic carbocycles. The Bertz CT molecular complexity index is 1010. The van der Waals surface area contributed by atoms with Crippen molar-refractivity contribution < 1.29 is 4.74 Å². The third-order valence-electron chi connectivity index (χ3n) is 5.02. The molecule has 0 N–H and O–H groups in total. The fourth-order valence-electron chi connectivity index (χ4n) is 3.78. The van der Waals surface area contributed by atoms with Crippen molar-refractivity contribution >= 4 is 10.8 Å². The molecule has 122 valence electrons. The highest BCUT2D eigenvalue weighted by atomic mass is 16.5. The van der Waals surface area contributed by atoms with Crippen LogP contribution in [0.4, 0.5) is 0 Å². The Morgan fingerprint density at radius 1 is 0.920 bits per heavy atom. The monoisotopic (exact) mass is 326 g/mol. The van der Waals surface area contributed by atoms with Gasteiger partial charge in [0.2, 0.25) is 0 Å². The molecule has 3 aromatic carbocycles. The Labute approximate surface area is 146 Å². The summed E-state index contributed by atoms with van der Waals surface area (Å²) in [4.78, 5) is 4.25. The molecule has 0 fully saturated rings. The molecular formula is C22H18N2O. The van der Waals surface area contributed by atoms with Crippen LogP contribution in [0.2, 0.25) is 0 Å². The van der Waals surface area contributed by atoms with E-state index in [1.54, 1.807) is 0 Å². The predicted octanol–water partition coefficient (Wildman–Crippen LogP) is 5.15. The van der Waals surface area contributed by atoms with E-state index in [4.69, 9.17) is 4.74 Å². The normalized spacial score (nSPS) is 19.4. The average molecular weight is 326 g/mol. The summed E-state index contributed by atoms with van der Waals surface area (Å²) in [7, 11) is 0. The number of benzene rings is 3. The fraction of sp³-hybridized carbons (Fsp3) is 0.136. The summed E-state index contributed by atoms with van der Waals surface area (Å²) in [5.41, 5.74) is 2.44. The maximum Gasteiger partial charge on any atom is 0.133 e. The van der Waals surface area contributed by atoms with Gasteiger partial charge in [-0.2, -0.15) is 0 Å². The number of rotatable bonds is 2. The Morgan fingerprint density at radius 2 is 1.76 bits per heavy atom. The standard InChI is InChI=1S/C22H18N2O/c1-2-7-17(8-3-1)21-14-20(24-13-12-23-15-24)19-11-10-16-6-4-5-9-18(16)22(19)25-21/h1-13,15,20-21H,14H2/t20-,21+/m0/s1. The van der Waals surface area contributed by atoms with E-state index in [2.05, 4.69) is 70.2 Å². The highest BCUT2D eigenvalue weighted by Crippen LogP contribution is 2.45. The SMILES string of the molecule is c1ccc([C@H]2C[C@H](n3ccnc3)c3ccc4ccccc4c3O2)cc1. The second kappa shape index (κ2) is 5.78. The summed E-state index contributed by atoms with van der Waals surface area (Å²) in [6, 6.07) is 23.5. The summed E-state index contributed by atoms with van der Waals surface area (Å²) in [6.45, 7) is 0. The zero-order valence-electron chi connectivity index (χ0n) is 13.7. The summed E-state index contributed by atoms with van der Waals surface area (Å²) in [5.74, 6) is 0.997. The van der Waals surface area contributed by atoms with Gasteiger partial charge in [0.1, 0.15) is 11.9 Å². The molecule has 5 rings (SSSR count). The molecule has 1 aromatic heterocycles. The molecule has 0 radical (unpaired) electrons. The zero-order chi connectivity index (χ0) is 16.6. The molecule has 0 saturated carbocycles. The molecule has 0 saturated heterocycles. The lowest BCUT2D eigenvalue weighted by Crippen LogP contribution is -2.23. The van der Waals surface area contributed by atoms with Crippen molar-refractivity contribution in [2.75, 3.05) is 0 Å². The molecule has 0 amide bonds. The van der Waals surface area contributed by atoms with Gasteiger partial charge in [-0.3, -0.25) is 0 Å². The van der Waals surface area contributed by atoms with E-state index in [-0.39, 0.29) is 12.1 Å². The number of nitrogens with zero attached hydrogens (tertiary/aromatic N) is 2. The van der Waals surface area contributed by atoms with Crippen LogP contribution in [0.5, 0.6) is 5.75 Å². The topological polar surface area (TPSA) is 27.1 Å². The second-order valence-electron chi connectivity index (χ2n) is 6.48.